The molecule has 0 saturated carbocycles. The smallest absolute Gasteiger partial charge is 0.165 e. The Morgan fingerprint density at radius 2 is 2.31 bits per heavy atom. The van der Waals surface area contributed by atoms with Crippen molar-refractivity contribution in [3.05, 3.63) is 29.1 Å². The zero-order valence-corrected chi connectivity index (χ0v) is 7.51. The molecule has 1 aromatic carbocycles. The number of rotatable bonds is 1. The second kappa shape index (κ2) is 3.00. The molecule has 0 heterocycles. The minimum Gasteiger partial charge on any atom is -0.494 e. The normalized spacial score (nSPS) is 20.1. The van der Waals surface area contributed by atoms with Gasteiger partial charge in [-0.05, 0) is 36.1 Å². The lowest BCUT2D eigenvalue weighted by Crippen LogP contribution is -2.05. The van der Waals surface area contributed by atoms with Gasteiger partial charge in [0.2, 0.25) is 0 Å². The van der Waals surface area contributed by atoms with E-state index in [2.05, 4.69) is 0 Å². The molecule has 0 saturated heterocycles. The van der Waals surface area contributed by atoms with Crippen LogP contribution in [0.5, 0.6) is 5.75 Å². The molecule has 0 spiro atoms. The molecule has 0 aromatic heterocycles. The van der Waals surface area contributed by atoms with Gasteiger partial charge in [0.05, 0.1) is 7.11 Å². The standard InChI is InChI=1S/C10H12FNO/c1-13-10-5-7-6(4-8(10)11)2-3-9(7)12/h4-5,9H,2-3,12H2,1H3. The molecular formula is C10H12FNO. The van der Waals surface area contributed by atoms with Gasteiger partial charge in [-0.25, -0.2) is 4.39 Å². The van der Waals surface area contributed by atoms with Crippen LogP contribution in [0.25, 0.3) is 0 Å². The summed E-state index contributed by atoms with van der Waals surface area (Å²) in [5.74, 6) is -0.00792. The molecule has 0 bridgehead atoms. The van der Waals surface area contributed by atoms with Crippen molar-refractivity contribution < 1.29 is 9.13 Å². The van der Waals surface area contributed by atoms with E-state index in [-0.39, 0.29) is 17.6 Å². The number of benzene rings is 1. The summed E-state index contributed by atoms with van der Waals surface area (Å²) in [4.78, 5) is 0. The molecule has 0 amide bonds. The second-order valence-electron chi connectivity index (χ2n) is 3.33. The quantitative estimate of drug-likeness (QED) is 0.716. The fraction of sp³-hybridized carbons (Fsp3) is 0.400. The highest BCUT2D eigenvalue weighted by molar-refractivity contribution is 5.41. The number of aryl methyl sites for hydroxylation is 1. The third-order valence-electron chi connectivity index (χ3n) is 2.54. The zero-order chi connectivity index (χ0) is 9.42. The van der Waals surface area contributed by atoms with Crippen LogP contribution < -0.4 is 10.5 Å². The van der Waals surface area contributed by atoms with Crippen molar-refractivity contribution in [2.45, 2.75) is 18.9 Å². The van der Waals surface area contributed by atoms with Crippen LogP contribution in [0.15, 0.2) is 12.1 Å². The Labute approximate surface area is 76.5 Å². The summed E-state index contributed by atoms with van der Waals surface area (Å²) in [7, 11) is 1.46. The molecule has 1 aliphatic rings. The van der Waals surface area contributed by atoms with Gasteiger partial charge in [-0.3, -0.25) is 0 Å². The molecule has 0 aliphatic heterocycles. The van der Waals surface area contributed by atoms with Crippen LogP contribution in [0.1, 0.15) is 23.6 Å². The Morgan fingerprint density at radius 3 is 3.00 bits per heavy atom. The molecule has 1 atom stereocenters. The van der Waals surface area contributed by atoms with E-state index in [0.29, 0.717) is 0 Å². The largest absolute Gasteiger partial charge is 0.494 e. The summed E-state index contributed by atoms with van der Waals surface area (Å²) >= 11 is 0. The molecule has 0 radical (unpaired) electrons. The number of hydrogen-bond donors (Lipinski definition) is 1. The number of nitrogens with two attached hydrogens (primary N) is 1. The first-order chi connectivity index (χ1) is 6.22. The van der Waals surface area contributed by atoms with E-state index in [4.69, 9.17) is 10.5 Å². The molecule has 13 heavy (non-hydrogen) atoms. The average molecular weight is 181 g/mol. The van der Waals surface area contributed by atoms with Gasteiger partial charge in [0.1, 0.15) is 0 Å². The molecule has 2 N–H and O–H groups in total. The van der Waals surface area contributed by atoms with Crippen LogP contribution in [0.2, 0.25) is 0 Å². The lowest BCUT2D eigenvalue weighted by molar-refractivity contribution is 0.385. The maximum absolute atomic E-state index is 13.2. The summed E-state index contributed by atoms with van der Waals surface area (Å²) < 4.78 is 18.1. The van der Waals surface area contributed by atoms with Gasteiger partial charge in [-0.15, -0.1) is 0 Å². The molecule has 70 valence electrons. The number of fused-ring (bicyclic) bond motifs is 1. The third kappa shape index (κ3) is 1.29. The summed E-state index contributed by atoms with van der Waals surface area (Å²) in [6, 6.07) is 3.29. The van der Waals surface area contributed by atoms with Gasteiger partial charge in [-0.2, -0.15) is 0 Å². The fourth-order valence-electron chi connectivity index (χ4n) is 1.79. The van der Waals surface area contributed by atoms with Gasteiger partial charge in [-0.1, -0.05) is 0 Å². The van der Waals surface area contributed by atoms with E-state index in [1.165, 1.54) is 13.2 Å². The second-order valence-corrected chi connectivity index (χ2v) is 3.33. The van der Waals surface area contributed by atoms with Crippen molar-refractivity contribution in [1.82, 2.24) is 0 Å². The molecular weight excluding hydrogens is 169 g/mol. The minimum absolute atomic E-state index is 0.0458. The molecule has 2 rings (SSSR count). The van der Waals surface area contributed by atoms with E-state index in [1.54, 1.807) is 6.07 Å². The lowest BCUT2D eigenvalue weighted by Gasteiger charge is -2.08. The maximum atomic E-state index is 13.2. The fourth-order valence-corrected chi connectivity index (χ4v) is 1.79. The summed E-state index contributed by atoms with van der Waals surface area (Å²) in [5, 5.41) is 0. The van der Waals surface area contributed by atoms with Crippen LogP contribution in [0, 0.1) is 5.82 Å². The summed E-state index contributed by atoms with van der Waals surface area (Å²) in [6.45, 7) is 0. The molecule has 2 nitrogen and oxygen atoms in total. The van der Waals surface area contributed by atoms with Crippen LogP contribution >= 0.6 is 0 Å². The number of methoxy groups -OCH3 is 1. The van der Waals surface area contributed by atoms with Gasteiger partial charge >= 0.3 is 0 Å². The van der Waals surface area contributed by atoms with E-state index in [1.807, 2.05) is 0 Å². The SMILES string of the molecule is COc1cc2c(cc1F)CCC2N. The Balaban J connectivity index is 2.51. The van der Waals surface area contributed by atoms with Gasteiger partial charge in [0.25, 0.3) is 0 Å². The van der Waals surface area contributed by atoms with Crippen molar-refractivity contribution in [3.63, 3.8) is 0 Å². The number of halogens is 1. The molecule has 1 aromatic rings. The first-order valence-corrected chi connectivity index (χ1v) is 4.34. The Hall–Kier alpha value is -1.09. The Kier molecular flexibility index (Phi) is 1.96. The Bertz CT molecular complexity index is 338. The monoisotopic (exact) mass is 181 g/mol. The summed E-state index contributed by atoms with van der Waals surface area (Å²) in [6.07, 6.45) is 1.78. The van der Waals surface area contributed by atoms with Crippen LogP contribution in [0.4, 0.5) is 4.39 Å². The summed E-state index contributed by atoms with van der Waals surface area (Å²) in [5.41, 5.74) is 7.89. The third-order valence-corrected chi connectivity index (χ3v) is 2.54. The van der Waals surface area contributed by atoms with E-state index in [0.717, 1.165) is 24.0 Å². The highest BCUT2D eigenvalue weighted by atomic mass is 19.1. The number of ether oxygens (including phenoxy) is 1. The van der Waals surface area contributed by atoms with Crippen LogP contribution in [-0.4, -0.2) is 7.11 Å². The lowest BCUT2D eigenvalue weighted by atomic mass is 10.1. The molecule has 1 aliphatic carbocycles. The number of hydrogen-bond acceptors (Lipinski definition) is 2. The minimum atomic E-state index is -0.296. The first kappa shape index (κ1) is 8.51. The molecule has 0 fully saturated rings. The van der Waals surface area contributed by atoms with Crippen molar-refractivity contribution in [2.75, 3.05) is 7.11 Å². The highest BCUT2D eigenvalue weighted by Gasteiger charge is 2.21. The maximum Gasteiger partial charge on any atom is 0.165 e. The molecule has 3 heteroatoms. The van der Waals surface area contributed by atoms with Crippen molar-refractivity contribution in [3.8, 4) is 5.75 Å². The van der Waals surface area contributed by atoms with E-state index >= 15 is 0 Å². The Morgan fingerprint density at radius 1 is 1.54 bits per heavy atom. The zero-order valence-electron chi connectivity index (χ0n) is 7.51. The van der Waals surface area contributed by atoms with Crippen molar-refractivity contribution >= 4 is 0 Å². The van der Waals surface area contributed by atoms with Crippen LogP contribution in [-0.2, 0) is 6.42 Å². The van der Waals surface area contributed by atoms with Gasteiger partial charge in [0, 0.05) is 6.04 Å². The average Bonchev–Trinajstić information content (AvgIpc) is 2.46. The van der Waals surface area contributed by atoms with E-state index < -0.39 is 0 Å². The van der Waals surface area contributed by atoms with E-state index in [9.17, 15) is 4.39 Å². The van der Waals surface area contributed by atoms with Gasteiger partial charge in [0.15, 0.2) is 11.6 Å². The highest BCUT2D eigenvalue weighted by Crippen LogP contribution is 2.33. The molecule has 1 unspecified atom stereocenters. The van der Waals surface area contributed by atoms with Crippen molar-refractivity contribution in [2.24, 2.45) is 5.73 Å². The van der Waals surface area contributed by atoms with Crippen LogP contribution in [0.3, 0.4) is 0 Å². The predicted molar refractivity (Wildman–Crippen MR) is 48.2 cm³/mol. The van der Waals surface area contributed by atoms with Gasteiger partial charge < -0.3 is 10.5 Å². The first-order valence-electron chi connectivity index (χ1n) is 4.34. The van der Waals surface area contributed by atoms with Crippen molar-refractivity contribution in [1.29, 1.82) is 0 Å². The topological polar surface area (TPSA) is 35.2 Å². The predicted octanol–water partition coefficient (Wildman–Crippen LogP) is 1.78.